The zero-order chi connectivity index (χ0) is 17.2. The van der Waals surface area contributed by atoms with Crippen molar-refractivity contribution in [3.63, 3.8) is 0 Å². The Labute approximate surface area is 153 Å². The molecule has 2 aliphatic rings. The van der Waals surface area contributed by atoms with E-state index >= 15 is 0 Å². The normalized spacial score (nSPS) is 17.6. The summed E-state index contributed by atoms with van der Waals surface area (Å²) in [7, 11) is 0. The number of hydrogen-bond donors (Lipinski definition) is 0. The van der Waals surface area contributed by atoms with Crippen molar-refractivity contribution >= 4 is 28.9 Å². The van der Waals surface area contributed by atoms with Crippen LogP contribution in [0.4, 0.5) is 11.4 Å². The van der Waals surface area contributed by atoms with Crippen molar-refractivity contribution in [1.82, 2.24) is 4.90 Å². The topological polar surface area (TPSA) is 26.8 Å². The van der Waals surface area contributed by atoms with E-state index in [1.54, 1.807) is 0 Å². The molecule has 25 heavy (non-hydrogen) atoms. The number of piperazine rings is 1. The summed E-state index contributed by atoms with van der Waals surface area (Å²) in [4.78, 5) is 19.2. The van der Waals surface area contributed by atoms with E-state index in [0.29, 0.717) is 6.54 Å². The lowest BCUT2D eigenvalue weighted by atomic mass is 10.2. The van der Waals surface area contributed by atoms with Gasteiger partial charge in [0, 0.05) is 38.4 Å². The zero-order valence-electron chi connectivity index (χ0n) is 14.2. The molecule has 0 unspecified atom stereocenters. The van der Waals surface area contributed by atoms with Crippen molar-refractivity contribution in [1.29, 1.82) is 0 Å². The number of amides is 1. The van der Waals surface area contributed by atoms with Crippen LogP contribution < -0.4 is 9.80 Å². The van der Waals surface area contributed by atoms with E-state index in [1.165, 1.54) is 5.56 Å². The highest BCUT2D eigenvalue weighted by atomic mass is 35.5. The van der Waals surface area contributed by atoms with Gasteiger partial charge in [-0.25, -0.2) is 0 Å². The second-order valence-electron chi connectivity index (χ2n) is 6.64. The van der Waals surface area contributed by atoms with E-state index in [1.807, 2.05) is 35.2 Å². The molecule has 5 heteroatoms. The molecule has 2 aromatic carbocycles. The van der Waals surface area contributed by atoms with Crippen molar-refractivity contribution in [3.8, 4) is 0 Å². The molecule has 0 radical (unpaired) electrons. The molecule has 2 aromatic rings. The maximum absolute atomic E-state index is 12.7. The Balaban J connectivity index is 1.35. The monoisotopic (exact) mass is 355 g/mol. The molecule has 1 fully saturated rings. The first-order chi connectivity index (χ1) is 12.2. The van der Waals surface area contributed by atoms with Crippen LogP contribution in [0.1, 0.15) is 5.56 Å². The third kappa shape index (κ3) is 3.37. The SMILES string of the molecule is O=C(CN1CCN(c2ccccc2Cl)CC1)N1CCc2ccccc21. The number of fused-ring (bicyclic) bond motifs is 1. The minimum atomic E-state index is 0.205. The van der Waals surface area contributed by atoms with E-state index in [2.05, 4.69) is 28.0 Å². The number of hydrogen-bond acceptors (Lipinski definition) is 3. The fourth-order valence-corrected chi connectivity index (χ4v) is 3.98. The summed E-state index contributed by atoms with van der Waals surface area (Å²) < 4.78 is 0. The minimum Gasteiger partial charge on any atom is -0.368 e. The Hall–Kier alpha value is -2.04. The third-order valence-corrected chi connectivity index (χ3v) is 5.43. The number of carbonyl (C=O) groups is 1. The fraction of sp³-hybridized carbons (Fsp3) is 0.350. The maximum atomic E-state index is 12.7. The number of anilines is 2. The van der Waals surface area contributed by atoms with Crippen LogP contribution in [0, 0.1) is 0 Å². The van der Waals surface area contributed by atoms with Crippen LogP contribution in [0.15, 0.2) is 48.5 Å². The van der Waals surface area contributed by atoms with E-state index in [-0.39, 0.29) is 5.91 Å². The molecule has 0 aliphatic carbocycles. The smallest absolute Gasteiger partial charge is 0.241 e. The van der Waals surface area contributed by atoms with E-state index < -0.39 is 0 Å². The maximum Gasteiger partial charge on any atom is 0.241 e. The van der Waals surface area contributed by atoms with Gasteiger partial charge in [0.2, 0.25) is 5.91 Å². The van der Waals surface area contributed by atoms with Gasteiger partial charge in [-0.2, -0.15) is 0 Å². The number of carbonyl (C=O) groups excluding carboxylic acids is 1. The van der Waals surface area contributed by atoms with Gasteiger partial charge < -0.3 is 9.80 Å². The largest absolute Gasteiger partial charge is 0.368 e. The average molecular weight is 356 g/mol. The predicted molar refractivity (Wildman–Crippen MR) is 103 cm³/mol. The number of nitrogens with zero attached hydrogens (tertiary/aromatic N) is 3. The van der Waals surface area contributed by atoms with Crippen molar-refractivity contribution in [2.24, 2.45) is 0 Å². The summed E-state index contributed by atoms with van der Waals surface area (Å²) in [5.41, 5.74) is 3.45. The van der Waals surface area contributed by atoms with Crippen molar-refractivity contribution in [2.45, 2.75) is 6.42 Å². The molecular weight excluding hydrogens is 334 g/mol. The first-order valence-corrected chi connectivity index (χ1v) is 9.20. The van der Waals surface area contributed by atoms with E-state index in [0.717, 1.165) is 55.5 Å². The average Bonchev–Trinajstić information content (AvgIpc) is 3.07. The van der Waals surface area contributed by atoms with Gasteiger partial charge in [0.05, 0.1) is 17.3 Å². The van der Waals surface area contributed by atoms with Crippen molar-refractivity contribution < 1.29 is 4.79 Å². The molecule has 1 saturated heterocycles. The van der Waals surface area contributed by atoms with Crippen molar-refractivity contribution in [3.05, 3.63) is 59.1 Å². The first-order valence-electron chi connectivity index (χ1n) is 8.82. The number of halogens is 1. The molecule has 2 aliphatic heterocycles. The van der Waals surface area contributed by atoms with Crippen LogP contribution in [-0.2, 0) is 11.2 Å². The Morgan fingerprint density at radius 1 is 0.880 bits per heavy atom. The first kappa shape index (κ1) is 16.4. The van der Waals surface area contributed by atoms with Crippen LogP contribution in [0.25, 0.3) is 0 Å². The number of benzene rings is 2. The minimum absolute atomic E-state index is 0.205. The predicted octanol–water partition coefficient (Wildman–Crippen LogP) is 3.05. The summed E-state index contributed by atoms with van der Waals surface area (Å²) in [5.74, 6) is 0.205. The molecular formula is C20H22ClN3O. The zero-order valence-corrected chi connectivity index (χ0v) is 15.0. The molecule has 130 valence electrons. The van der Waals surface area contributed by atoms with Gasteiger partial charge in [-0.15, -0.1) is 0 Å². The van der Waals surface area contributed by atoms with Gasteiger partial charge >= 0.3 is 0 Å². The summed E-state index contributed by atoms with van der Waals surface area (Å²) in [6.45, 7) is 4.85. The highest BCUT2D eigenvalue weighted by molar-refractivity contribution is 6.33. The van der Waals surface area contributed by atoms with Gasteiger partial charge in [-0.05, 0) is 30.2 Å². The van der Waals surface area contributed by atoms with Gasteiger partial charge in [-0.1, -0.05) is 41.9 Å². The molecule has 4 nitrogen and oxygen atoms in total. The molecule has 0 aromatic heterocycles. The van der Waals surface area contributed by atoms with Gasteiger partial charge in [-0.3, -0.25) is 9.69 Å². The molecule has 0 bridgehead atoms. The van der Waals surface area contributed by atoms with Crippen LogP contribution in [0.3, 0.4) is 0 Å². The number of para-hydroxylation sites is 2. The Bertz CT molecular complexity index is 771. The second-order valence-corrected chi connectivity index (χ2v) is 7.05. The highest BCUT2D eigenvalue weighted by Gasteiger charge is 2.27. The van der Waals surface area contributed by atoms with Crippen molar-refractivity contribution in [2.75, 3.05) is 49.1 Å². The van der Waals surface area contributed by atoms with Gasteiger partial charge in [0.15, 0.2) is 0 Å². The quantitative estimate of drug-likeness (QED) is 0.846. The molecule has 2 heterocycles. The van der Waals surface area contributed by atoms with E-state index in [4.69, 9.17) is 11.6 Å². The standard InChI is InChI=1S/C20H22ClN3O/c21-17-6-2-4-8-19(17)23-13-11-22(12-14-23)15-20(25)24-10-9-16-5-1-3-7-18(16)24/h1-8H,9-15H2. The molecule has 0 spiro atoms. The van der Waals surface area contributed by atoms with E-state index in [9.17, 15) is 4.79 Å². The molecule has 1 amide bonds. The van der Waals surface area contributed by atoms with Crippen LogP contribution in [-0.4, -0.2) is 50.1 Å². The Kier molecular flexibility index (Phi) is 4.64. The number of rotatable bonds is 3. The van der Waals surface area contributed by atoms with Gasteiger partial charge in [0.1, 0.15) is 0 Å². The lowest BCUT2D eigenvalue weighted by Crippen LogP contribution is -2.50. The summed E-state index contributed by atoms with van der Waals surface area (Å²) in [6.07, 6.45) is 0.961. The summed E-state index contributed by atoms with van der Waals surface area (Å²) in [6, 6.07) is 16.2. The Morgan fingerprint density at radius 2 is 1.56 bits per heavy atom. The summed E-state index contributed by atoms with van der Waals surface area (Å²) >= 11 is 6.30. The fourth-order valence-electron chi connectivity index (χ4n) is 3.73. The lowest BCUT2D eigenvalue weighted by molar-refractivity contribution is -0.119. The molecule has 0 atom stereocenters. The third-order valence-electron chi connectivity index (χ3n) is 5.11. The van der Waals surface area contributed by atoms with Crippen LogP contribution in [0.2, 0.25) is 5.02 Å². The molecule has 4 rings (SSSR count). The van der Waals surface area contributed by atoms with Gasteiger partial charge in [0.25, 0.3) is 0 Å². The van der Waals surface area contributed by atoms with Crippen LogP contribution in [0.5, 0.6) is 0 Å². The molecule has 0 saturated carbocycles. The second kappa shape index (κ2) is 7.06. The van der Waals surface area contributed by atoms with Crippen LogP contribution >= 0.6 is 11.6 Å². The molecule has 0 N–H and O–H groups in total. The summed E-state index contributed by atoms with van der Waals surface area (Å²) in [5, 5.41) is 0.792. The Morgan fingerprint density at radius 3 is 2.32 bits per heavy atom. The highest BCUT2D eigenvalue weighted by Crippen LogP contribution is 2.28. The lowest BCUT2D eigenvalue weighted by Gasteiger charge is -2.36.